The van der Waals surface area contributed by atoms with E-state index in [1.54, 1.807) is 24.0 Å². The second-order valence-corrected chi connectivity index (χ2v) is 5.90. The number of anilines is 1. The second-order valence-electron chi connectivity index (χ2n) is 4.82. The van der Waals surface area contributed by atoms with Gasteiger partial charge in [-0.2, -0.15) is 0 Å². The molecule has 1 aromatic rings. The third-order valence-corrected chi connectivity index (χ3v) is 4.44. The number of amides is 2. The first-order valence-corrected chi connectivity index (χ1v) is 7.13. The van der Waals surface area contributed by atoms with Crippen LogP contribution < -0.4 is 5.32 Å². The van der Waals surface area contributed by atoms with Crippen LogP contribution in [0.4, 0.5) is 5.00 Å². The van der Waals surface area contributed by atoms with Crippen LogP contribution in [0.15, 0.2) is 12.1 Å². The maximum atomic E-state index is 12.4. The van der Waals surface area contributed by atoms with Crippen molar-refractivity contribution in [2.75, 3.05) is 11.9 Å². The number of carboxylic acids is 1. The Morgan fingerprint density at radius 3 is 2.65 bits per heavy atom. The fourth-order valence-electron chi connectivity index (χ4n) is 2.39. The van der Waals surface area contributed by atoms with Gasteiger partial charge in [-0.3, -0.25) is 14.4 Å². The minimum absolute atomic E-state index is 0.178. The highest BCUT2D eigenvalue weighted by Gasteiger charge is 2.38. The summed E-state index contributed by atoms with van der Waals surface area (Å²) in [7, 11) is 0. The summed E-state index contributed by atoms with van der Waals surface area (Å²) < 4.78 is 0. The predicted molar refractivity (Wildman–Crippen MR) is 74.9 cm³/mol. The largest absolute Gasteiger partial charge is 0.481 e. The van der Waals surface area contributed by atoms with Gasteiger partial charge in [0.25, 0.3) is 5.91 Å². The molecule has 2 heterocycles. The second kappa shape index (κ2) is 5.62. The average molecular weight is 296 g/mol. The summed E-state index contributed by atoms with van der Waals surface area (Å²) in [5.74, 6) is -1.74. The Balaban J connectivity index is 2.10. The molecule has 1 aromatic heterocycles. The van der Waals surface area contributed by atoms with Gasteiger partial charge >= 0.3 is 5.97 Å². The zero-order chi connectivity index (χ0) is 14.9. The van der Waals surface area contributed by atoms with Crippen molar-refractivity contribution in [3.05, 3.63) is 17.0 Å². The van der Waals surface area contributed by atoms with Gasteiger partial charge in [-0.15, -0.1) is 11.3 Å². The molecule has 1 saturated heterocycles. The highest BCUT2D eigenvalue weighted by atomic mass is 32.1. The van der Waals surface area contributed by atoms with E-state index < -0.39 is 11.9 Å². The molecule has 2 N–H and O–H groups in total. The average Bonchev–Trinajstić information content (AvgIpc) is 2.94. The minimum atomic E-state index is -0.863. The number of nitrogens with zero attached hydrogens (tertiary/aromatic N) is 1. The standard InChI is InChI=1S/C13H16N2O4S/c1-7-9(13(18)19)5-6-15(7)12(17)10-3-4-11(20-10)14-8(2)16/h3-4,7,9H,5-6H2,1-2H3,(H,14,16)(H,18,19). The number of nitrogens with one attached hydrogen (secondary N) is 1. The van der Waals surface area contributed by atoms with Crippen LogP contribution in [0.1, 0.15) is 29.9 Å². The van der Waals surface area contributed by atoms with Crippen LogP contribution in [0.3, 0.4) is 0 Å². The van der Waals surface area contributed by atoms with Crippen LogP contribution in [0.2, 0.25) is 0 Å². The zero-order valence-electron chi connectivity index (χ0n) is 11.3. The number of likely N-dealkylation sites (tertiary alicyclic amines) is 1. The lowest BCUT2D eigenvalue weighted by molar-refractivity contribution is -0.142. The van der Waals surface area contributed by atoms with E-state index in [4.69, 9.17) is 5.11 Å². The third kappa shape index (κ3) is 2.82. The van der Waals surface area contributed by atoms with E-state index in [-0.39, 0.29) is 17.9 Å². The summed E-state index contributed by atoms with van der Waals surface area (Å²) >= 11 is 1.20. The van der Waals surface area contributed by atoms with Gasteiger partial charge in [0.2, 0.25) is 5.91 Å². The van der Waals surface area contributed by atoms with Crippen molar-refractivity contribution < 1.29 is 19.5 Å². The molecule has 2 amide bonds. The molecule has 1 fully saturated rings. The highest BCUT2D eigenvalue weighted by Crippen LogP contribution is 2.29. The smallest absolute Gasteiger partial charge is 0.308 e. The van der Waals surface area contributed by atoms with Gasteiger partial charge in [-0.25, -0.2) is 0 Å². The van der Waals surface area contributed by atoms with E-state index in [1.165, 1.54) is 18.3 Å². The van der Waals surface area contributed by atoms with E-state index in [0.29, 0.717) is 22.8 Å². The summed E-state index contributed by atoms with van der Waals surface area (Å²) in [4.78, 5) is 36.5. The van der Waals surface area contributed by atoms with Crippen LogP contribution in [0, 0.1) is 5.92 Å². The van der Waals surface area contributed by atoms with Crippen molar-refractivity contribution in [1.29, 1.82) is 0 Å². The molecule has 0 radical (unpaired) electrons. The number of aliphatic carboxylic acids is 1. The molecule has 6 nitrogen and oxygen atoms in total. The molecule has 20 heavy (non-hydrogen) atoms. The molecule has 0 saturated carbocycles. The topological polar surface area (TPSA) is 86.7 Å². The van der Waals surface area contributed by atoms with Crippen LogP contribution in [-0.2, 0) is 9.59 Å². The van der Waals surface area contributed by atoms with E-state index >= 15 is 0 Å². The molecular formula is C13H16N2O4S. The molecule has 2 atom stereocenters. The normalized spacial score (nSPS) is 21.8. The van der Waals surface area contributed by atoms with Crippen LogP contribution in [0.25, 0.3) is 0 Å². The predicted octanol–water partition coefficient (Wildman–Crippen LogP) is 1.64. The van der Waals surface area contributed by atoms with E-state index in [2.05, 4.69) is 5.32 Å². The first kappa shape index (κ1) is 14.5. The Morgan fingerprint density at radius 1 is 1.40 bits per heavy atom. The van der Waals surface area contributed by atoms with Gasteiger partial charge in [0.05, 0.1) is 15.8 Å². The first-order chi connectivity index (χ1) is 9.40. The first-order valence-electron chi connectivity index (χ1n) is 6.31. The number of thiophene rings is 1. The Hall–Kier alpha value is -1.89. The van der Waals surface area contributed by atoms with Gasteiger partial charge in [0.1, 0.15) is 0 Å². The number of carboxylic acid groups (broad SMARTS) is 1. The van der Waals surface area contributed by atoms with Crippen molar-refractivity contribution >= 4 is 34.1 Å². The van der Waals surface area contributed by atoms with Crippen LogP contribution in [0.5, 0.6) is 0 Å². The quantitative estimate of drug-likeness (QED) is 0.887. The summed E-state index contributed by atoms with van der Waals surface area (Å²) in [6.07, 6.45) is 0.478. The summed E-state index contributed by atoms with van der Waals surface area (Å²) in [5, 5.41) is 12.3. The lowest BCUT2D eigenvalue weighted by atomic mass is 10.0. The molecule has 2 rings (SSSR count). The molecule has 108 valence electrons. The Labute approximate surface area is 120 Å². The molecule has 0 aromatic carbocycles. The number of carbonyl (C=O) groups is 3. The lowest BCUT2D eigenvalue weighted by Gasteiger charge is -2.22. The van der Waals surface area contributed by atoms with Crippen molar-refractivity contribution in [3.8, 4) is 0 Å². The maximum Gasteiger partial charge on any atom is 0.308 e. The maximum absolute atomic E-state index is 12.4. The van der Waals surface area contributed by atoms with Crippen molar-refractivity contribution in [1.82, 2.24) is 4.90 Å². The van der Waals surface area contributed by atoms with Crippen molar-refractivity contribution in [2.45, 2.75) is 26.3 Å². The lowest BCUT2D eigenvalue weighted by Crippen LogP contribution is -2.37. The zero-order valence-corrected chi connectivity index (χ0v) is 12.1. The number of hydrogen-bond donors (Lipinski definition) is 2. The Morgan fingerprint density at radius 2 is 2.10 bits per heavy atom. The van der Waals surface area contributed by atoms with Gasteiger partial charge in [0.15, 0.2) is 0 Å². The fourth-order valence-corrected chi connectivity index (χ4v) is 3.30. The molecular weight excluding hydrogens is 280 g/mol. The summed E-state index contributed by atoms with van der Waals surface area (Å²) in [5.41, 5.74) is 0. The molecule has 7 heteroatoms. The molecule has 0 bridgehead atoms. The molecule has 0 aliphatic carbocycles. The molecule has 2 unspecified atom stereocenters. The summed E-state index contributed by atoms with van der Waals surface area (Å²) in [6, 6.07) is 3.01. The van der Waals surface area contributed by atoms with Gasteiger partial charge in [-0.1, -0.05) is 0 Å². The van der Waals surface area contributed by atoms with E-state index in [1.807, 2.05) is 0 Å². The number of carbonyl (C=O) groups excluding carboxylic acids is 2. The fraction of sp³-hybridized carbons (Fsp3) is 0.462. The van der Waals surface area contributed by atoms with Crippen LogP contribution in [-0.4, -0.2) is 40.4 Å². The van der Waals surface area contributed by atoms with Gasteiger partial charge in [0, 0.05) is 19.5 Å². The molecule has 0 spiro atoms. The van der Waals surface area contributed by atoms with Crippen molar-refractivity contribution in [2.24, 2.45) is 5.92 Å². The Kier molecular flexibility index (Phi) is 4.08. The molecule has 1 aliphatic rings. The van der Waals surface area contributed by atoms with E-state index in [0.717, 1.165) is 0 Å². The summed E-state index contributed by atoms with van der Waals surface area (Å²) in [6.45, 7) is 3.61. The minimum Gasteiger partial charge on any atom is -0.481 e. The van der Waals surface area contributed by atoms with Crippen molar-refractivity contribution in [3.63, 3.8) is 0 Å². The third-order valence-electron chi connectivity index (χ3n) is 3.45. The monoisotopic (exact) mass is 296 g/mol. The van der Waals surface area contributed by atoms with Crippen LogP contribution >= 0.6 is 11.3 Å². The number of rotatable bonds is 3. The van der Waals surface area contributed by atoms with Gasteiger partial charge in [-0.05, 0) is 25.5 Å². The van der Waals surface area contributed by atoms with E-state index in [9.17, 15) is 14.4 Å². The SMILES string of the molecule is CC(=O)Nc1ccc(C(=O)N2CCC(C(=O)O)C2C)s1. The Bertz CT molecular complexity index is 554. The number of hydrogen-bond acceptors (Lipinski definition) is 4. The molecule has 1 aliphatic heterocycles. The van der Waals surface area contributed by atoms with Gasteiger partial charge < -0.3 is 15.3 Å². The highest BCUT2D eigenvalue weighted by molar-refractivity contribution is 7.18.